The van der Waals surface area contributed by atoms with Gasteiger partial charge in [-0.2, -0.15) is 0 Å². The summed E-state index contributed by atoms with van der Waals surface area (Å²) >= 11 is 1.94. The van der Waals surface area contributed by atoms with E-state index < -0.39 is 0 Å². The molecule has 0 aromatic carbocycles. The Bertz CT molecular complexity index is 325. The summed E-state index contributed by atoms with van der Waals surface area (Å²) in [5.41, 5.74) is 6.29. The van der Waals surface area contributed by atoms with Crippen molar-refractivity contribution >= 4 is 11.3 Å². The van der Waals surface area contributed by atoms with Gasteiger partial charge in [-0.15, -0.1) is 11.3 Å². The Kier molecular flexibility index (Phi) is 5.05. The zero-order chi connectivity index (χ0) is 12.1. The molecule has 1 saturated carbocycles. The summed E-state index contributed by atoms with van der Waals surface area (Å²) in [6, 6.07) is 4.90. The quantitative estimate of drug-likeness (QED) is 0.836. The van der Waals surface area contributed by atoms with Crippen LogP contribution in [0.15, 0.2) is 12.1 Å². The molecule has 2 N–H and O–H groups in total. The van der Waals surface area contributed by atoms with Gasteiger partial charge in [-0.1, -0.05) is 39.0 Å². The van der Waals surface area contributed by atoms with E-state index in [1.807, 2.05) is 11.3 Å². The van der Waals surface area contributed by atoms with Gasteiger partial charge in [-0.3, -0.25) is 0 Å². The van der Waals surface area contributed by atoms with Crippen LogP contribution in [0.1, 0.15) is 55.2 Å². The van der Waals surface area contributed by atoms with Crippen LogP contribution >= 0.6 is 11.3 Å². The SMILES string of the molecule is CCc1ccc(CC(N)CC2CCCCC2)s1. The Morgan fingerprint density at radius 1 is 1.24 bits per heavy atom. The van der Waals surface area contributed by atoms with Crippen molar-refractivity contribution in [2.24, 2.45) is 11.7 Å². The van der Waals surface area contributed by atoms with Gasteiger partial charge in [-0.05, 0) is 37.3 Å². The zero-order valence-corrected chi connectivity index (χ0v) is 11.8. The molecule has 0 radical (unpaired) electrons. The van der Waals surface area contributed by atoms with Crippen LogP contribution in [0, 0.1) is 5.92 Å². The first-order valence-corrected chi connectivity index (χ1v) is 7.92. The first kappa shape index (κ1) is 13.1. The van der Waals surface area contributed by atoms with E-state index >= 15 is 0 Å². The molecule has 1 nitrogen and oxygen atoms in total. The van der Waals surface area contributed by atoms with Crippen LogP contribution in [-0.4, -0.2) is 6.04 Å². The fourth-order valence-corrected chi connectivity index (χ4v) is 3.97. The Labute approximate surface area is 109 Å². The lowest BCUT2D eigenvalue weighted by atomic mass is 9.84. The van der Waals surface area contributed by atoms with E-state index in [0.29, 0.717) is 6.04 Å². The van der Waals surface area contributed by atoms with Gasteiger partial charge >= 0.3 is 0 Å². The molecular formula is C15H25NS. The molecule has 0 amide bonds. The van der Waals surface area contributed by atoms with Crippen molar-refractivity contribution in [2.45, 2.75) is 64.3 Å². The first-order chi connectivity index (χ1) is 8.28. The second-order valence-corrected chi connectivity index (χ2v) is 6.68. The van der Waals surface area contributed by atoms with Crippen molar-refractivity contribution in [3.63, 3.8) is 0 Å². The second kappa shape index (κ2) is 6.55. The molecule has 1 heterocycles. The van der Waals surface area contributed by atoms with E-state index in [2.05, 4.69) is 19.1 Å². The van der Waals surface area contributed by atoms with Gasteiger partial charge in [0.25, 0.3) is 0 Å². The number of aryl methyl sites for hydroxylation is 1. The van der Waals surface area contributed by atoms with Gasteiger partial charge < -0.3 is 5.73 Å². The van der Waals surface area contributed by atoms with Crippen LogP contribution in [0.5, 0.6) is 0 Å². The minimum Gasteiger partial charge on any atom is -0.327 e. The predicted octanol–water partition coefficient (Wildman–Crippen LogP) is 4.15. The van der Waals surface area contributed by atoms with Crippen molar-refractivity contribution < 1.29 is 0 Å². The summed E-state index contributed by atoms with van der Waals surface area (Å²) in [5.74, 6) is 0.907. The average molecular weight is 251 g/mol. The van der Waals surface area contributed by atoms with Crippen LogP contribution in [0.4, 0.5) is 0 Å². The van der Waals surface area contributed by atoms with Crippen molar-refractivity contribution in [1.82, 2.24) is 0 Å². The van der Waals surface area contributed by atoms with Gasteiger partial charge in [0, 0.05) is 15.8 Å². The smallest absolute Gasteiger partial charge is 0.00898 e. The van der Waals surface area contributed by atoms with E-state index in [9.17, 15) is 0 Å². The van der Waals surface area contributed by atoms with Crippen LogP contribution in [-0.2, 0) is 12.8 Å². The maximum absolute atomic E-state index is 6.29. The van der Waals surface area contributed by atoms with Crippen LogP contribution in [0.2, 0.25) is 0 Å². The molecule has 1 aromatic heterocycles. The highest BCUT2D eigenvalue weighted by atomic mass is 32.1. The molecule has 1 aromatic rings. The number of rotatable bonds is 5. The zero-order valence-electron chi connectivity index (χ0n) is 11.0. The molecule has 0 spiro atoms. The number of thiophene rings is 1. The Balaban J connectivity index is 1.77. The molecule has 1 atom stereocenters. The van der Waals surface area contributed by atoms with Crippen LogP contribution in [0.3, 0.4) is 0 Å². The average Bonchev–Trinajstić information content (AvgIpc) is 2.78. The summed E-state index contributed by atoms with van der Waals surface area (Å²) in [7, 11) is 0. The van der Waals surface area contributed by atoms with Crippen LogP contribution in [0.25, 0.3) is 0 Å². The van der Waals surface area contributed by atoms with Crippen molar-refractivity contribution in [3.05, 3.63) is 21.9 Å². The third kappa shape index (κ3) is 4.11. The van der Waals surface area contributed by atoms with Gasteiger partial charge in [0.1, 0.15) is 0 Å². The highest BCUT2D eigenvalue weighted by Gasteiger charge is 2.17. The molecule has 96 valence electrons. The van der Waals surface area contributed by atoms with Gasteiger partial charge in [0.15, 0.2) is 0 Å². The fraction of sp³-hybridized carbons (Fsp3) is 0.733. The van der Waals surface area contributed by atoms with E-state index in [1.165, 1.54) is 48.3 Å². The highest BCUT2D eigenvalue weighted by Crippen LogP contribution is 2.28. The lowest BCUT2D eigenvalue weighted by Gasteiger charge is -2.24. The Hall–Kier alpha value is -0.340. The van der Waals surface area contributed by atoms with Crippen molar-refractivity contribution in [1.29, 1.82) is 0 Å². The Morgan fingerprint density at radius 2 is 1.94 bits per heavy atom. The van der Waals surface area contributed by atoms with Crippen LogP contribution < -0.4 is 5.73 Å². The first-order valence-electron chi connectivity index (χ1n) is 7.11. The fourth-order valence-electron chi connectivity index (χ4n) is 2.91. The highest BCUT2D eigenvalue weighted by molar-refractivity contribution is 7.11. The molecule has 0 bridgehead atoms. The minimum absolute atomic E-state index is 0.376. The molecule has 0 aliphatic heterocycles. The molecule has 2 heteroatoms. The summed E-state index contributed by atoms with van der Waals surface area (Å²) in [6.45, 7) is 2.22. The molecule has 1 unspecified atom stereocenters. The lowest BCUT2D eigenvalue weighted by Crippen LogP contribution is -2.26. The van der Waals surface area contributed by atoms with Crippen molar-refractivity contribution in [3.8, 4) is 0 Å². The van der Waals surface area contributed by atoms with E-state index in [-0.39, 0.29) is 0 Å². The summed E-state index contributed by atoms with van der Waals surface area (Å²) < 4.78 is 0. The number of nitrogens with two attached hydrogens (primary N) is 1. The maximum Gasteiger partial charge on any atom is 0.00898 e. The molecular weight excluding hydrogens is 226 g/mol. The van der Waals surface area contributed by atoms with E-state index in [0.717, 1.165) is 18.8 Å². The minimum atomic E-state index is 0.376. The molecule has 1 aliphatic rings. The Morgan fingerprint density at radius 3 is 2.59 bits per heavy atom. The van der Waals surface area contributed by atoms with E-state index in [1.54, 1.807) is 0 Å². The third-order valence-electron chi connectivity index (χ3n) is 3.89. The second-order valence-electron chi connectivity index (χ2n) is 5.43. The molecule has 1 fully saturated rings. The van der Waals surface area contributed by atoms with Gasteiger partial charge in [0.2, 0.25) is 0 Å². The van der Waals surface area contributed by atoms with Crippen molar-refractivity contribution in [2.75, 3.05) is 0 Å². The summed E-state index contributed by atoms with van der Waals surface area (Å²) in [5, 5.41) is 0. The predicted molar refractivity (Wildman–Crippen MR) is 76.6 cm³/mol. The monoisotopic (exact) mass is 251 g/mol. The summed E-state index contributed by atoms with van der Waals surface area (Å²) in [6.07, 6.45) is 10.6. The maximum atomic E-state index is 6.29. The number of hydrogen-bond donors (Lipinski definition) is 1. The molecule has 1 aliphatic carbocycles. The largest absolute Gasteiger partial charge is 0.327 e. The number of hydrogen-bond acceptors (Lipinski definition) is 2. The molecule has 0 saturated heterocycles. The van der Waals surface area contributed by atoms with Gasteiger partial charge in [-0.25, -0.2) is 0 Å². The molecule has 2 rings (SSSR count). The topological polar surface area (TPSA) is 26.0 Å². The molecule has 17 heavy (non-hydrogen) atoms. The van der Waals surface area contributed by atoms with E-state index in [4.69, 9.17) is 5.73 Å². The standard InChI is InChI=1S/C15H25NS/c1-2-14-8-9-15(17-14)11-13(16)10-12-6-4-3-5-7-12/h8-9,12-13H,2-7,10-11,16H2,1H3. The van der Waals surface area contributed by atoms with Gasteiger partial charge in [0.05, 0.1) is 0 Å². The summed E-state index contributed by atoms with van der Waals surface area (Å²) in [4.78, 5) is 2.97. The lowest BCUT2D eigenvalue weighted by molar-refractivity contribution is 0.317. The third-order valence-corrected chi connectivity index (χ3v) is 5.14. The normalized spacial score (nSPS) is 19.4.